The molecule has 0 aromatic heterocycles. The van der Waals surface area contributed by atoms with Crippen LogP contribution in [0.15, 0.2) is 72.8 Å². The van der Waals surface area contributed by atoms with Gasteiger partial charge in [-0.3, -0.25) is 0 Å². The second-order valence-electron chi connectivity index (χ2n) is 28.6. The molecule has 1 aliphatic rings. The summed E-state index contributed by atoms with van der Waals surface area (Å²) in [6, 6.07) is 27.6. The van der Waals surface area contributed by atoms with Crippen molar-refractivity contribution < 1.29 is 19.6 Å². The molecule has 4 N–H and O–H groups in total. The summed E-state index contributed by atoms with van der Waals surface area (Å²) >= 11 is 0. The second-order valence-corrected chi connectivity index (χ2v) is 30.6. The van der Waals surface area contributed by atoms with Gasteiger partial charge in [0.25, 0.3) is 17.1 Å². The van der Waals surface area contributed by atoms with Crippen molar-refractivity contribution in [1.82, 2.24) is 9.34 Å². The molecule has 382 valence electrons. The lowest BCUT2D eigenvalue weighted by Crippen LogP contribution is -2.66. The molecule has 0 bridgehead atoms. The Balaban J connectivity index is 2.49. The first-order valence-corrected chi connectivity index (χ1v) is 27.9. The van der Waals surface area contributed by atoms with Gasteiger partial charge in [0.15, 0.2) is 0 Å². The first-order valence-electron chi connectivity index (χ1n) is 25.5. The summed E-state index contributed by atoms with van der Waals surface area (Å²) in [6.07, 6.45) is 0.440. The van der Waals surface area contributed by atoms with Crippen molar-refractivity contribution in [2.75, 3.05) is 13.1 Å². The van der Waals surface area contributed by atoms with Crippen molar-refractivity contribution in [3.8, 4) is 0 Å². The highest BCUT2D eigenvalue weighted by Crippen LogP contribution is 2.69. The van der Waals surface area contributed by atoms with E-state index in [1.807, 2.05) is 9.34 Å². The average molecular weight is 981 g/mol. The Labute approximate surface area is 423 Å². The van der Waals surface area contributed by atoms with E-state index in [1.54, 1.807) is 0 Å². The molecule has 1 fully saturated rings. The van der Waals surface area contributed by atoms with E-state index in [0.717, 1.165) is 44.5 Å². The predicted octanol–water partition coefficient (Wildman–Crippen LogP) is 15.7. The zero-order valence-corrected chi connectivity index (χ0v) is 49.4. The van der Waals surface area contributed by atoms with Crippen LogP contribution in [0.5, 0.6) is 0 Å². The monoisotopic (exact) mass is 981 g/mol. The lowest BCUT2D eigenvalue weighted by atomic mass is 9.54. The Morgan fingerprint density at radius 3 is 0.652 bits per heavy atom. The maximum absolute atomic E-state index is 12.8. The molecule has 0 spiro atoms. The quantitative estimate of drug-likeness (QED) is 0.144. The zero-order chi connectivity index (χ0) is 52.8. The second kappa shape index (κ2) is 18.8. The maximum Gasteiger partial charge on any atom is 0.254 e. The molecule has 69 heavy (non-hydrogen) atoms. The largest absolute Gasteiger partial charge is 0.338 e. The molecule has 0 radical (unpaired) electrons. The van der Waals surface area contributed by atoms with Gasteiger partial charge < -0.3 is 19.6 Å². The standard InChI is InChI=1S/C61H94N2O4P2/c1-52(2,3)40-26-30-44(48(36-40)56(13,14)15)60(45-31-27-41(53(4,5)6)37-49(45)57(16,17)18)61(63(69(66)67)35-25-34-62(60)68(64)65,46-32-28-42(54(7,8)9)38-50(46)58(19,20)21)47-33-29-43(55(10,11)12)39-51(47)59(22,23)24/h26-33,36-39,64-67H,25,34-35H2,1-24H3. The number of benzene rings is 4. The Kier molecular flexibility index (Phi) is 15.6. The lowest BCUT2D eigenvalue weighted by molar-refractivity contribution is 0.0554. The van der Waals surface area contributed by atoms with Crippen LogP contribution in [0.25, 0.3) is 0 Å². The molecule has 0 amide bonds. The van der Waals surface area contributed by atoms with E-state index < -0.39 is 49.8 Å². The number of nitrogens with zero attached hydrogens (tertiary/aromatic N) is 2. The van der Waals surface area contributed by atoms with Crippen LogP contribution < -0.4 is 0 Å². The van der Waals surface area contributed by atoms with E-state index >= 15 is 0 Å². The van der Waals surface area contributed by atoms with Gasteiger partial charge in [0.05, 0.1) is 0 Å². The molecule has 1 heterocycles. The van der Waals surface area contributed by atoms with E-state index in [4.69, 9.17) is 0 Å². The molecular formula is C61H94N2O4P2. The molecule has 0 saturated carbocycles. The smallest absolute Gasteiger partial charge is 0.254 e. The first-order chi connectivity index (χ1) is 30.9. The van der Waals surface area contributed by atoms with Crippen molar-refractivity contribution in [2.24, 2.45) is 0 Å². The van der Waals surface area contributed by atoms with Crippen LogP contribution in [-0.2, 0) is 54.4 Å². The van der Waals surface area contributed by atoms with Gasteiger partial charge in [0.2, 0.25) is 0 Å². The van der Waals surface area contributed by atoms with Crippen LogP contribution in [0.2, 0.25) is 0 Å². The van der Waals surface area contributed by atoms with Crippen LogP contribution in [0.4, 0.5) is 0 Å². The Morgan fingerprint density at radius 1 is 0.319 bits per heavy atom. The van der Waals surface area contributed by atoms with Crippen molar-refractivity contribution in [3.05, 3.63) is 140 Å². The first kappa shape index (κ1) is 57.4. The van der Waals surface area contributed by atoms with Crippen LogP contribution >= 0.6 is 17.1 Å². The summed E-state index contributed by atoms with van der Waals surface area (Å²) in [4.78, 5) is 51.3. The highest BCUT2D eigenvalue weighted by molar-refractivity contribution is 7.42. The van der Waals surface area contributed by atoms with Gasteiger partial charge in [0, 0.05) is 13.1 Å². The summed E-state index contributed by atoms with van der Waals surface area (Å²) < 4.78 is 4.02. The third-order valence-corrected chi connectivity index (χ3v) is 16.7. The lowest BCUT2D eigenvalue weighted by Gasteiger charge is -2.62. The van der Waals surface area contributed by atoms with Gasteiger partial charge in [-0.2, -0.15) is 0 Å². The third-order valence-electron chi connectivity index (χ3n) is 14.8. The maximum atomic E-state index is 12.8. The fourth-order valence-electron chi connectivity index (χ4n) is 10.9. The molecule has 1 aliphatic heterocycles. The molecule has 5 rings (SSSR count). The van der Waals surface area contributed by atoms with Crippen molar-refractivity contribution in [2.45, 2.75) is 227 Å². The molecule has 1 saturated heterocycles. The normalized spacial score (nSPS) is 17.5. The minimum atomic E-state index is -2.88. The van der Waals surface area contributed by atoms with Crippen molar-refractivity contribution in [1.29, 1.82) is 0 Å². The van der Waals surface area contributed by atoms with Gasteiger partial charge >= 0.3 is 0 Å². The third kappa shape index (κ3) is 10.8. The summed E-state index contributed by atoms with van der Waals surface area (Å²) in [6.45, 7) is 54.8. The van der Waals surface area contributed by atoms with E-state index in [9.17, 15) is 19.6 Å². The summed E-state index contributed by atoms with van der Waals surface area (Å²) in [5.41, 5.74) is 6.72. The van der Waals surface area contributed by atoms with E-state index in [2.05, 4.69) is 239 Å². The van der Waals surface area contributed by atoms with Crippen molar-refractivity contribution in [3.63, 3.8) is 0 Å². The fraction of sp³-hybridized carbons (Fsp3) is 0.607. The van der Waals surface area contributed by atoms with Gasteiger partial charge in [-0.25, -0.2) is 9.34 Å². The predicted molar refractivity (Wildman–Crippen MR) is 298 cm³/mol. The van der Waals surface area contributed by atoms with E-state index in [1.165, 1.54) is 22.3 Å². The minimum absolute atomic E-state index is 0.210. The molecular weight excluding hydrogens is 887 g/mol. The molecule has 6 nitrogen and oxygen atoms in total. The Morgan fingerprint density at radius 2 is 0.507 bits per heavy atom. The zero-order valence-electron chi connectivity index (χ0n) is 47.6. The van der Waals surface area contributed by atoms with Gasteiger partial charge in [0.1, 0.15) is 11.1 Å². The minimum Gasteiger partial charge on any atom is -0.338 e. The van der Waals surface area contributed by atoms with Gasteiger partial charge in [-0.1, -0.05) is 239 Å². The summed E-state index contributed by atoms with van der Waals surface area (Å²) in [5.74, 6) is 0. The SMILES string of the molecule is CC(C)(C)c1ccc(C2(c3ccc(C(C)(C)C)cc3C(C)(C)C)N(P(O)O)CCCN(P(O)O)C2(c2ccc(C(C)(C)C)cc2C(C)(C)C)c2ccc(C(C)(C)C)cc2C(C)(C)C)c(C(C)(C)C)c1. The van der Waals surface area contributed by atoms with Gasteiger partial charge in [-0.15, -0.1) is 0 Å². The number of rotatable bonds is 6. The molecule has 0 atom stereocenters. The molecule has 4 aromatic rings. The molecule has 0 unspecified atom stereocenters. The van der Waals surface area contributed by atoms with Crippen molar-refractivity contribution >= 4 is 17.1 Å². The van der Waals surface area contributed by atoms with Crippen LogP contribution in [0.3, 0.4) is 0 Å². The van der Waals surface area contributed by atoms with E-state index in [0.29, 0.717) is 6.42 Å². The highest BCUT2D eigenvalue weighted by atomic mass is 31.2. The number of hydrogen-bond acceptors (Lipinski definition) is 6. The molecule has 8 heteroatoms. The summed E-state index contributed by atoms with van der Waals surface area (Å²) in [7, 11) is -5.76. The molecule has 0 aliphatic carbocycles. The highest BCUT2D eigenvalue weighted by Gasteiger charge is 2.68. The average Bonchev–Trinajstić information content (AvgIpc) is 3.33. The molecule has 4 aromatic carbocycles. The fourth-order valence-corrected chi connectivity index (χ4v) is 12.8. The Hall–Kier alpha value is -2.50. The van der Waals surface area contributed by atoms with Crippen LogP contribution in [0.1, 0.15) is 239 Å². The Bertz CT molecular complexity index is 2160. The van der Waals surface area contributed by atoms with E-state index in [-0.39, 0.29) is 34.7 Å². The number of hydrogen-bond donors (Lipinski definition) is 4. The van der Waals surface area contributed by atoms with Crippen LogP contribution in [-0.4, -0.2) is 42.0 Å². The van der Waals surface area contributed by atoms with Gasteiger partial charge in [-0.05, 0) is 117 Å². The topological polar surface area (TPSA) is 87.4 Å². The van der Waals surface area contributed by atoms with Crippen LogP contribution in [0, 0.1) is 0 Å². The summed E-state index contributed by atoms with van der Waals surface area (Å²) in [5, 5.41) is 0.